The largest absolute Gasteiger partial charge is 0.493 e. The number of anilines is 1. The lowest BCUT2D eigenvalue weighted by atomic mass is 9.95. The predicted octanol–water partition coefficient (Wildman–Crippen LogP) is 4.84. The van der Waals surface area contributed by atoms with Crippen molar-refractivity contribution in [1.29, 1.82) is 10.5 Å². The van der Waals surface area contributed by atoms with Crippen LogP contribution in [-0.2, 0) is 4.79 Å². The number of methoxy groups -OCH3 is 2. The van der Waals surface area contributed by atoms with Crippen LogP contribution in [0.4, 0.5) is 5.82 Å². The van der Waals surface area contributed by atoms with Crippen molar-refractivity contribution in [2.75, 3.05) is 20.0 Å². The number of carbonyl (C=O) groups excluding carboxylic acids is 1. The number of rotatable bonds is 9. The summed E-state index contributed by atoms with van der Waals surface area (Å²) < 4.78 is 10.9. The molecule has 1 amide bonds. The molecule has 0 aliphatic carbocycles. The van der Waals surface area contributed by atoms with E-state index in [0.717, 1.165) is 17.3 Å². The fourth-order valence-electron chi connectivity index (χ4n) is 3.83. The van der Waals surface area contributed by atoms with Crippen LogP contribution < -0.4 is 20.5 Å². The molecule has 8 nitrogen and oxygen atoms in total. The first kappa shape index (κ1) is 26.4. The van der Waals surface area contributed by atoms with Crippen LogP contribution in [0.5, 0.6) is 11.5 Å². The number of nitrogens with two attached hydrogens (primary N) is 1. The molecule has 184 valence electrons. The second-order valence-electron chi connectivity index (χ2n) is 7.85. The van der Waals surface area contributed by atoms with Crippen molar-refractivity contribution in [2.24, 2.45) is 0 Å². The lowest BCUT2D eigenvalue weighted by molar-refractivity contribution is -0.121. The number of aromatic nitrogens is 1. The molecule has 3 aromatic rings. The first-order valence-electron chi connectivity index (χ1n) is 11.3. The van der Waals surface area contributed by atoms with Crippen LogP contribution in [0, 0.1) is 22.7 Å². The van der Waals surface area contributed by atoms with E-state index in [1.54, 1.807) is 18.2 Å². The molecular formula is C27H27N5O3S. The highest BCUT2D eigenvalue weighted by molar-refractivity contribution is 8.00. The maximum Gasteiger partial charge on any atom is 0.234 e. The third-order valence-corrected chi connectivity index (χ3v) is 7.01. The van der Waals surface area contributed by atoms with E-state index in [1.165, 1.54) is 14.2 Å². The molecule has 1 heterocycles. The van der Waals surface area contributed by atoms with Gasteiger partial charge in [0.2, 0.25) is 5.91 Å². The normalized spacial score (nSPS) is 12.1. The number of benzene rings is 2. The third kappa shape index (κ3) is 5.37. The van der Waals surface area contributed by atoms with Crippen LogP contribution in [0.3, 0.4) is 0 Å². The summed E-state index contributed by atoms with van der Waals surface area (Å²) in [5.74, 6) is 0.573. The van der Waals surface area contributed by atoms with Gasteiger partial charge in [-0.15, -0.1) is 0 Å². The monoisotopic (exact) mass is 501 g/mol. The Balaban J connectivity index is 2.06. The number of nitrogen functional groups attached to an aromatic ring is 1. The van der Waals surface area contributed by atoms with Crippen LogP contribution in [-0.4, -0.2) is 30.4 Å². The number of amides is 1. The van der Waals surface area contributed by atoms with E-state index in [9.17, 15) is 15.3 Å². The Kier molecular flexibility index (Phi) is 8.77. The van der Waals surface area contributed by atoms with Gasteiger partial charge in [-0.25, -0.2) is 4.98 Å². The second kappa shape index (κ2) is 12.0. The van der Waals surface area contributed by atoms with E-state index >= 15 is 0 Å². The number of hydrogen-bond donors (Lipinski definition) is 2. The van der Waals surface area contributed by atoms with Crippen LogP contribution in [0.15, 0.2) is 53.6 Å². The van der Waals surface area contributed by atoms with Crippen molar-refractivity contribution in [3.63, 3.8) is 0 Å². The Hall–Kier alpha value is -4.21. The van der Waals surface area contributed by atoms with Gasteiger partial charge in [0.15, 0.2) is 11.5 Å². The molecule has 0 bridgehead atoms. The van der Waals surface area contributed by atoms with Crippen molar-refractivity contribution in [1.82, 2.24) is 10.3 Å². The number of carbonyl (C=O) groups is 1. The zero-order valence-electron chi connectivity index (χ0n) is 20.5. The molecule has 0 saturated heterocycles. The van der Waals surface area contributed by atoms with Gasteiger partial charge in [-0.1, -0.05) is 61.2 Å². The summed E-state index contributed by atoms with van der Waals surface area (Å²) in [5.41, 5.74) is 8.11. The zero-order chi connectivity index (χ0) is 26.2. The Morgan fingerprint density at radius 1 is 1.08 bits per heavy atom. The predicted molar refractivity (Wildman–Crippen MR) is 140 cm³/mol. The Morgan fingerprint density at radius 3 is 2.36 bits per heavy atom. The van der Waals surface area contributed by atoms with E-state index in [1.807, 2.05) is 44.2 Å². The topological polar surface area (TPSA) is 134 Å². The second-order valence-corrected chi connectivity index (χ2v) is 9.04. The van der Waals surface area contributed by atoms with Crippen molar-refractivity contribution in [3.8, 4) is 34.8 Å². The molecule has 9 heteroatoms. The number of nitrogens with one attached hydrogen (secondary N) is 1. The Bertz CT molecular complexity index is 1330. The molecule has 36 heavy (non-hydrogen) atoms. The Labute approximate surface area is 215 Å². The molecule has 2 atom stereocenters. The van der Waals surface area contributed by atoms with Crippen LogP contribution in [0.25, 0.3) is 11.1 Å². The third-order valence-electron chi connectivity index (χ3n) is 5.66. The maximum absolute atomic E-state index is 13.1. The van der Waals surface area contributed by atoms with Crippen molar-refractivity contribution in [2.45, 2.75) is 36.6 Å². The molecule has 3 N–H and O–H groups in total. The molecule has 0 radical (unpaired) electrons. The number of nitriles is 2. The van der Waals surface area contributed by atoms with Gasteiger partial charge in [-0.05, 0) is 25.0 Å². The summed E-state index contributed by atoms with van der Waals surface area (Å²) in [6.07, 6.45) is 0.488. The van der Waals surface area contributed by atoms with E-state index in [2.05, 4.69) is 22.4 Å². The van der Waals surface area contributed by atoms with Crippen molar-refractivity contribution < 1.29 is 14.3 Å². The van der Waals surface area contributed by atoms with Gasteiger partial charge in [0.25, 0.3) is 0 Å². The summed E-state index contributed by atoms with van der Waals surface area (Å²) >= 11 is 1.14. The minimum Gasteiger partial charge on any atom is -0.493 e. The number of thioether (sulfide) groups is 1. The SMILES string of the molecule is CC[C@@H](Sc1nc(N)c(C#N)c(-c2cccc(OC)c2OC)c1C#N)C(=O)N[C@@H](C)c1ccccc1. The zero-order valence-corrected chi connectivity index (χ0v) is 21.3. The smallest absolute Gasteiger partial charge is 0.234 e. The van der Waals surface area contributed by atoms with Crippen molar-refractivity contribution in [3.05, 3.63) is 65.2 Å². The van der Waals surface area contributed by atoms with E-state index in [4.69, 9.17) is 15.2 Å². The van der Waals surface area contributed by atoms with Crippen LogP contribution >= 0.6 is 11.8 Å². The summed E-state index contributed by atoms with van der Waals surface area (Å²) in [5, 5.41) is 22.8. The molecule has 0 aliphatic heterocycles. The Morgan fingerprint density at radius 2 is 1.78 bits per heavy atom. The first-order chi connectivity index (χ1) is 17.4. The molecule has 0 aliphatic rings. The molecule has 0 fully saturated rings. The highest BCUT2D eigenvalue weighted by Gasteiger charge is 2.28. The quantitative estimate of drug-likeness (QED) is 0.398. The number of pyridine rings is 1. The molecule has 0 saturated carbocycles. The molecule has 2 aromatic carbocycles. The minimum absolute atomic E-state index is 0.0354. The standard InChI is InChI=1S/C27H27N5O3S/c1-5-22(26(33)31-16(2)17-10-7-6-8-11-17)36-27-20(15-29)23(19(14-28)25(30)32-27)18-12-9-13-21(34-3)24(18)35-4/h6-13,16,22H,5H2,1-4H3,(H2,30,32)(H,31,33)/t16-,22+/m0/s1. The fourth-order valence-corrected chi connectivity index (χ4v) is 4.85. The van der Waals surface area contributed by atoms with Gasteiger partial charge < -0.3 is 20.5 Å². The van der Waals surface area contributed by atoms with E-state index in [-0.39, 0.29) is 33.9 Å². The number of nitrogens with zero attached hydrogens (tertiary/aromatic N) is 3. The molecule has 0 unspecified atom stereocenters. The van der Waals surface area contributed by atoms with Gasteiger partial charge in [0.1, 0.15) is 28.5 Å². The lowest BCUT2D eigenvalue weighted by Crippen LogP contribution is -2.34. The molecular weight excluding hydrogens is 474 g/mol. The van der Waals surface area contributed by atoms with Crippen LogP contribution in [0.1, 0.15) is 43.0 Å². The van der Waals surface area contributed by atoms with Gasteiger partial charge in [0, 0.05) is 11.1 Å². The van der Waals surface area contributed by atoms with Gasteiger partial charge in [0.05, 0.1) is 31.1 Å². The first-order valence-corrected chi connectivity index (χ1v) is 12.1. The highest BCUT2D eigenvalue weighted by Crippen LogP contribution is 2.44. The van der Waals surface area contributed by atoms with Crippen LogP contribution in [0.2, 0.25) is 0 Å². The lowest BCUT2D eigenvalue weighted by Gasteiger charge is -2.21. The summed E-state index contributed by atoms with van der Waals surface area (Å²) in [6, 6.07) is 18.9. The summed E-state index contributed by atoms with van der Waals surface area (Å²) in [7, 11) is 2.98. The summed E-state index contributed by atoms with van der Waals surface area (Å²) in [6.45, 7) is 3.80. The van der Waals surface area contributed by atoms with Gasteiger partial charge in [-0.3, -0.25) is 4.79 Å². The number of ether oxygens (including phenoxy) is 2. The minimum atomic E-state index is -0.539. The van der Waals surface area contributed by atoms with Crippen molar-refractivity contribution >= 4 is 23.5 Å². The average molecular weight is 502 g/mol. The number of para-hydroxylation sites is 1. The molecule has 3 rings (SSSR count). The highest BCUT2D eigenvalue weighted by atomic mass is 32.2. The van der Waals surface area contributed by atoms with E-state index < -0.39 is 5.25 Å². The van der Waals surface area contributed by atoms with E-state index in [0.29, 0.717) is 29.0 Å². The maximum atomic E-state index is 13.1. The number of hydrogen-bond acceptors (Lipinski definition) is 8. The fraction of sp³-hybridized carbons (Fsp3) is 0.259. The van der Waals surface area contributed by atoms with Gasteiger partial charge >= 0.3 is 0 Å². The van der Waals surface area contributed by atoms with Gasteiger partial charge in [-0.2, -0.15) is 10.5 Å². The summed E-state index contributed by atoms with van der Waals surface area (Å²) in [4.78, 5) is 17.5. The molecule has 0 spiro atoms. The molecule has 1 aromatic heterocycles. The average Bonchev–Trinajstić information content (AvgIpc) is 2.90.